The topological polar surface area (TPSA) is 62.1 Å². The van der Waals surface area contributed by atoms with Crippen LogP contribution in [0, 0.1) is 17.1 Å². The summed E-state index contributed by atoms with van der Waals surface area (Å²) in [5.41, 5.74) is 1.35. The van der Waals surface area contributed by atoms with Gasteiger partial charge < -0.3 is 10.1 Å². The van der Waals surface area contributed by atoms with Gasteiger partial charge in [0.05, 0.1) is 9.50 Å². The van der Waals surface area contributed by atoms with E-state index in [0.29, 0.717) is 20.8 Å². The zero-order valence-electron chi connectivity index (χ0n) is 14.7. The van der Waals surface area contributed by atoms with Crippen molar-refractivity contribution in [2.45, 2.75) is 26.5 Å². The zero-order chi connectivity index (χ0) is 20.0. The highest BCUT2D eigenvalue weighted by atomic mass is 79.9. The Morgan fingerprint density at radius 1 is 1.37 bits per heavy atom. The lowest BCUT2D eigenvalue weighted by atomic mass is 10.1. The van der Waals surface area contributed by atoms with Crippen LogP contribution in [0.2, 0.25) is 5.02 Å². The molecule has 0 saturated heterocycles. The molecule has 1 amide bonds. The average molecular weight is 452 g/mol. The Hall–Kier alpha value is -2.36. The summed E-state index contributed by atoms with van der Waals surface area (Å²) in [6.07, 6.45) is 1.46. The quantitative estimate of drug-likeness (QED) is 0.482. The van der Waals surface area contributed by atoms with Crippen molar-refractivity contribution >= 4 is 39.5 Å². The van der Waals surface area contributed by atoms with Crippen molar-refractivity contribution in [1.29, 1.82) is 5.26 Å². The number of hydrogen-bond acceptors (Lipinski definition) is 3. The third kappa shape index (κ3) is 6.09. The van der Waals surface area contributed by atoms with Crippen molar-refractivity contribution in [2.75, 3.05) is 0 Å². The number of amides is 1. The first-order valence-corrected chi connectivity index (χ1v) is 9.26. The number of ether oxygens (including phenoxy) is 1. The molecule has 0 aliphatic rings. The van der Waals surface area contributed by atoms with E-state index in [2.05, 4.69) is 21.2 Å². The summed E-state index contributed by atoms with van der Waals surface area (Å²) in [5, 5.41) is 12.2. The molecule has 2 rings (SSSR count). The molecular weight excluding hydrogens is 435 g/mol. The van der Waals surface area contributed by atoms with E-state index in [4.69, 9.17) is 16.3 Å². The maximum Gasteiger partial charge on any atom is 0.262 e. The molecule has 0 bridgehead atoms. The Bertz CT molecular complexity index is 882. The minimum Gasteiger partial charge on any atom is -0.486 e. The molecule has 2 aromatic carbocycles. The van der Waals surface area contributed by atoms with E-state index in [1.54, 1.807) is 24.3 Å². The van der Waals surface area contributed by atoms with Crippen molar-refractivity contribution in [3.8, 4) is 11.8 Å². The van der Waals surface area contributed by atoms with Crippen LogP contribution in [0.25, 0.3) is 6.08 Å². The molecule has 7 heteroatoms. The monoisotopic (exact) mass is 450 g/mol. The fraction of sp³-hybridized carbons (Fsp3) is 0.200. The lowest BCUT2D eigenvalue weighted by Gasteiger charge is -2.12. The minimum absolute atomic E-state index is 0.0216. The van der Waals surface area contributed by atoms with E-state index in [-0.39, 0.29) is 24.0 Å². The summed E-state index contributed by atoms with van der Waals surface area (Å²) in [5.74, 6) is -0.344. The Morgan fingerprint density at radius 2 is 2.04 bits per heavy atom. The van der Waals surface area contributed by atoms with Crippen LogP contribution in [0.4, 0.5) is 4.39 Å². The molecule has 140 valence electrons. The number of carbonyl (C=O) groups excluding carboxylic acids is 1. The number of halogens is 3. The number of nitriles is 1. The van der Waals surface area contributed by atoms with Crippen LogP contribution < -0.4 is 10.1 Å². The third-order valence-corrected chi connectivity index (χ3v) is 4.28. The van der Waals surface area contributed by atoms with Gasteiger partial charge in [-0.25, -0.2) is 4.39 Å². The lowest BCUT2D eigenvalue weighted by Crippen LogP contribution is -2.30. The van der Waals surface area contributed by atoms with Crippen LogP contribution in [0.5, 0.6) is 5.75 Å². The summed E-state index contributed by atoms with van der Waals surface area (Å²) in [6.45, 7) is 3.84. The molecule has 1 N–H and O–H groups in total. The highest BCUT2D eigenvalue weighted by Gasteiger charge is 2.13. The van der Waals surface area contributed by atoms with Crippen molar-refractivity contribution in [3.63, 3.8) is 0 Å². The number of carbonyl (C=O) groups is 1. The highest BCUT2D eigenvalue weighted by molar-refractivity contribution is 9.10. The molecule has 0 heterocycles. The van der Waals surface area contributed by atoms with Gasteiger partial charge >= 0.3 is 0 Å². The predicted octanol–water partition coefficient (Wildman–Crippen LogP) is 5.25. The van der Waals surface area contributed by atoms with E-state index < -0.39 is 5.91 Å². The molecule has 0 fully saturated rings. The largest absolute Gasteiger partial charge is 0.486 e. The first-order chi connectivity index (χ1) is 12.8. The molecule has 0 atom stereocenters. The second kappa shape index (κ2) is 9.54. The fourth-order valence-electron chi connectivity index (χ4n) is 2.19. The maximum atomic E-state index is 13.0. The summed E-state index contributed by atoms with van der Waals surface area (Å²) >= 11 is 9.68. The SMILES string of the molecule is CC(C)NC(=O)/C(C#N)=C\c1cc(Cl)c(OCc2ccc(F)cc2)c(Br)c1. The summed E-state index contributed by atoms with van der Waals surface area (Å²) in [6, 6.07) is 11.1. The maximum absolute atomic E-state index is 13.0. The molecule has 2 aromatic rings. The number of nitrogens with zero attached hydrogens (tertiary/aromatic N) is 1. The van der Waals surface area contributed by atoms with Crippen molar-refractivity contribution in [2.24, 2.45) is 0 Å². The van der Waals surface area contributed by atoms with Crippen LogP contribution in [0.15, 0.2) is 46.4 Å². The van der Waals surface area contributed by atoms with Gasteiger partial charge in [0, 0.05) is 6.04 Å². The van der Waals surface area contributed by atoms with Crippen LogP contribution in [-0.2, 0) is 11.4 Å². The smallest absolute Gasteiger partial charge is 0.262 e. The molecule has 0 aliphatic heterocycles. The second-order valence-electron chi connectivity index (χ2n) is 6.03. The van der Waals surface area contributed by atoms with Crippen LogP contribution in [-0.4, -0.2) is 11.9 Å². The fourth-order valence-corrected chi connectivity index (χ4v) is 3.18. The first kappa shape index (κ1) is 20.9. The standard InChI is InChI=1S/C20H17BrClFN2O2/c1-12(2)25-20(26)15(10-24)7-14-8-17(21)19(18(22)9-14)27-11-13-3-5-16(23)6-4-13/h3-9,12H,11H2,1-2H3,(H,25,26)/b15-7-. The zero-order valence-corrected chi connectivity index (χ0v) is 17.1. The van der Waals surface area contributed by atoms with Crippen LogP contribution >= 0.6 is 27.5 Å². The van der Waals surface area contributed by atoms with E-state index in [1.165, 1.54) is 18.2 Å². The van der Waals surface area contributed by atoms with Gasteiger partial charge in [-0.15, -0.1) is 0 Å². The van der Waals surface area contributed by atoms with Gasteiger partial charge in [0.1, 0.15) is 24.1 Å². The van der Waals surface area contributed by atoms with Gasteiger partial charge in [0.2, 0.25) is 0 Å². The van der Waals surface area contributed by atoms with Crippen LogP contribution in [0.1, 0.15) is 25.0 Å². The molecule has 0 spiro atoms. The number of benzene rings is 2. The molecule has 0 radical (unpaired) electrons. The molecule has 4 nitrogen and oxygen atoms in total. The van der Waals surface area contributed by atoms with Gasteiger partial charge in [0.15, 0.2) is 5.75 Å². The Kier molecular flexibility index (Phi) is 7.40. The van der Waals surface area contributed by atoms with E-state index in [0.717, 1.165) is 5.56 Å². The molecule has 27 heavy (non-hydrogen) atoms. The van der Waals surface area contributed by atoms with Crippen LogP contribution in [0.3, 0.4) is 0 Å². The van der Waals surface area contributed by atoms with Crippen molar-refractivity contribution in [3.05, 3.63) is 68.4 Å². The molecule has 0 unspecified atom stereocenters. The predicted molar refractivity (Wildman–Crippen MR) is 107 cm³/mol. The Morgan fingerprint density at radius 3 is 2.59 bits per heavy atom. The van der Waals surface area contributed by atoms with Gasteiger partial charge in [-0.2, -0.15) is 5.26 Å². The van der Waals surface area contributed by atoms with Crippen molar-refractivity contribution < 1.29 is 13.9 Å². The molecule has 0 aliphatic carbocycles. The second-order valence-corrected chi connectivity index (χ2v) is 7.29. The number of hydrogen-bond donors (Lipinski definition) is 1. The van der Waals surface area contributed by atoms with E-state index in [1.807, 2.05) is 19.9 Å². The lowest BCUT2D eigenvalue weighted by molar-refractivity contribution is -0.117. The van der Waals surface area contributed by atoms with Gasteiger partial charge in [-0.1, -0.05) is 23.7 Å². The normalized spacial score (nSPS) is 11.2. The average Bonchev–Trinajstić information content (AvgIpc) is 2.59. The van der Waals surface area contributed by atoms with E-state index in [9.17, 15) is 14.4 Å². The van der Waals surface area contributed by atoms with Gasteiger partial charge in [0.25, 0.3) is 5.91 Å². The molecule has 0 aromatic heterocycles. The Labute approximate surface area is 170 Å². The van der Waals surface area contributed by atoms with Crippen molar-refractivity contribution in [1.82, 2.24) is 5.32 Å². The first-order valence-electron chi connectivity index (χ1n) is 8.09. The van der Waals surface area contributed by atoms with Gasteiger partial charge in [-0.3, -0.25) is 4.79 Å². The molecule has 0 saturated carbocycles. The summed E-state index contributed by atoms with van der Waals surface area (Å²) in [4.78, 5) is 12.0. The molecular formula is C20H17BrClFN2O2. The van der Waals surface area contributed by atoms with E-state index >= 15 is 0 Å². The number of rotatable bonds is 6. The Balaban J connectivity index is 2.20. The minimum atomic E-state index is -0.448. The van der Waals surface area contributed by atoms with Gasteiger partial charge in [-0.05, 0) is 71.2 Å². The summed E-state index contributed by atoms with van der Waals surface area (Å²) < 4.78 is 19.2. The summed E-state index contributed by atoms with van der Waals surface area (Å²) in [7, 11) is 0. The third-order valence-electron chi connectivity index (χ3n) is 3.41. The number of nitrogens with one attached hydrogen (secondary N) is 1. The highest BCUT2D eigenvalue weighted by Crippen LogP contribution is 2.35.